The molecule has 0 aliphatic heterocycles. The lowest BCUT2D eigenvalue weighted by atomic mass is 9.84. The molecule has 1 aromatic rings. The Balaban J connectivity index is 1.82. The van der Waals surface area contributed by atoms with Crippen molar-refractivity contribution < 1.29 is 24.9 Å². The molecule has 0 bridgehead atoms. The lowest BCUT2D eigenvalue weighted by Gasteiger charge is -2.25. The molecule has 0 heterocycles. The number of esters is 1. The Morgan fingerprint density at radius 3 is 2.35 bits per heavy atom. The van der Waals surface area contributed by atoms with E-state index in [9.17, 15) is 20.1 Å². The SMILES string of the molecule is C=C(C=CC=CC)c1ccc(C(O)CCC2C(O)CC(O)C2CCCCCCC(=O)OC)cc1. The average Bonchev–Trinajstić information content (AvgIpc) is 3.11. The molecule has 0 radical (unpaired) electrons. The van der Waals surface area contributed by atoms with Crippen LogP contribution in [0, 0.1) is 11.8 Å². The summed E-state index contributed by atoms with van der Waals surface area (Å²) < 4.78 is 4.66. The molecule has 5 nitrogen and oxygen atoms in total. The van der Waals surface area contributed by atoms with Crippen LogP contribution in [0.5, 0.6) is 0 Å². The molecule has 1 aromatic carbocycles. The zero-order valence-corrected chi connectivity index (χ0v) is 20.7. The second kappa shape index (κ2) is 14.9. The molecule has 0 saturated heterocycles. The van der Waals surface area contributed by atoms with Crippen molar-refractivity contribution in [2.24, 2.45) is 11.8 Å². The maximum atomic E-state index is 11.2. The number of hydrogen-bond acceptors (Lipinski definition) is 5. The van der Waals surface area contributed by atoms with E-state index in [-0.39, 0.29) is 17.8 Å². The lowest BCUT2D eigenvalue weighted by Crippen LogP contribution is -2.23. The van der Waals surface area contributed by atoms with Crippen LogP contribution in [0.1, 0.15) is 81.9 Å². The van der Waals surface area contributed by atoms with Gasteiger partial charge in [-0.2, -0.15) is 0 Å². The van der Waals surface area contributed by atoms with Crippen molar-refractivity contribution in [3.8, 4) is 0 Å². The van der Waals surface area contributed by atoms with Gasteiger partial charge in [0.05, 0.1) is 25.4 Å². The van der Waals surface area contributed by atoms with Crippen LogP contribution in [-0.2, 0) is 9.53 Å². The molecule has 0 aromatic heterocycles. The second-order valence-corrected chi connectivity index (χ2v) is 9.35. The number of carbonyl (C=O) groups is 1. The van der Waals surface area contributed by atoms with Gasteiger partial charge >= 0.3 is 5.97 Å². The highest BCUT2D eigenvalue weighted by atomic mass is 16.5. The number of hydrogen-bond donors (Lipinski definition) is 3. The number of ether oxygens (including phenoxy) is 1. The first kappa shape index (κ1) is 28.0. The molecule has 1 aliphatic carbocycles. The zero-order chi connectivity index (χ0) is 24.9. The van der Waals surface area contributed by atoms with Crippen molar-refractivity contribution in [1.82, 2.24) is 0 Å². The fourth-order valence-corrected chi connectivity index (χ4v) is 4.90. The normalized spacial score (nSPS) is 23.6. The van der Waals surface area contributed by atoms with Gasteiger partial charge in [-0.3, -0.25) is 4.79 Å². The van der Waals surface area contributed by atoms with Gasteiger partial charge in [-0.05, 0) is 67.6 Å². The third kappa shape index (κ3) is 8.86. The smallest absolute Gasteiger partial charge is 0.305 e. The van der Waals surface area contributed by atoms with Crippen molar-refractivity contribution in [1.29, 1.82) is 0 Å². The van der Waals surface area contributed by atoms with Crippen molar-refractivity contribution in [3.63, 3.8) is 0 Å². The van der Waals surface area contributed by atoms with Gasteiger partial charge in [0.2, 0.25) is 0 Å². The number of carbonyl (C=O) groups excluding carboxylic acids is 1. The number of aliphatic hydroxyl groups excluding tert-OH is 3. The molecule has 1 saturated carbocycles. The summed E-state index contributed by atoms with van der Waals surface area (Å²) in [5.74, 6) is -0.123. The largest absolute Gasteiger partial charge is 0.469 e. The summed E-state index contributed by atoms with van der Waals surface area (Å²) in [6.45, 7) is 6.05. The summed E-state index contributed by atoms with van der Waals surface area (Å²) in [7, 11) is 1.41. The number of aliphatic hydroxyl groups is 3. The number of allylic oxidation sites excluding steroid dienone is 5. The lowest BCUT2D eigenvalue weighted by molar-refractivity contribution is -0.140. The first-order valence-electron chi connectivity index (χ1n) is 12.6. The highest BCUT2D eigenvalue weighted by Crippen LogP contribution is 2.40. The summed E-state index contributed by atoms with van der Waals surface area (Å²) in [6.07, 6.45) is 12.9. The van der Waals surface area contributed by atoms with Crippen LogP contribution < -0.4 is 0 Å². The monoisotopic (exact) mass is 470 g/mol. The van der Waals surface area contributed by atoms with E-state index in [1.54, 1.807) is 0 Å². The van der Waals surface area contributed by atoms with Crippen molar-refractivity contribution in [3.05, 3.63) is 66.3 Å². The van der Waals surface area contributed by atoms with Crippen LogP contribution in [0.4, 0.5) is 0 Å². The Labute approximate surface area is 204 Å². The van der Waals surface area contributed by atoms with Gasteiger partial charge < -0.3 is 20.1 Å². The average molecular weight is 471 g/mol. The minimum absolute atomic E-state index is 0.00414. The minimum Gasteiger partial charge on any atom is -0.469 e. The molecule has 5 unspecified atom stereocenters. The fraction of sp³-hybridized carbons (Fsp3) is 0.552. The summed E-state index contributed by atoms with van der Waals surface area (Å²) in [4.78, 5) is 11.2. The molecule has 2 rings (SSSR count). The molecule has 0 spiro atoms. The number of rotatable bonds is 14. The molecule has 188 valence electrons. The summed E-state index contributed by atoms with van der Waals surface area (Å²) in [5.41, 5.74) is 2.78. The first-order chi connectivity index (χ1) is 16.4. The van der Waals surface area contributed by atoms with Crippen LogP contribution in [-0.4, -0.2) is 40.6 Å². The van der Waals surface area contributed by atoms with E-state index in [4.69, 9.17) is 0 Å². The summed E-state index contributed by atoms with van der Waals surface area (Å²) in [5, 5.41) is 31.7. The minimum atomic E-state index is -0.607. The molecule has 1 aliphatic rings. The standard InChI is InChI=1S/C29H42O5/c1-4-5-8-11-21(2)22-14-16-23(17-15-22)26(30)19-18-25-24(27(31)20-28(25)32)12-9-6-7-10-13-29(33)34-3/h4-5,8,11,14-17,24-28,30-32H,2,6-7,9-10,12-13,18-20H2,1,3H3. The van der Waals surface area contributed by atoms with Gasteiger partial charge in [-0.1, -0.05) is 74.4 Å². The third-order valence-corrected chi connectivity index (χ3v) is 6.96. The van der Waals surface area contributed by atoms with Crippen LogP contribution in [0.3, 0.4) is 0 Å². The molecule has 1 fully saturated rings. The van der Waals surface area contributed by atoms with E-state index in [0.29, 0.717) is 25.7 Å². The predicted octanol–water partition coefficient (Wildman–Crippen LogP) is 5.52. The van der Waals surface area contributed by atoms with E-state index in [0.717, 1.165) is 48.8 Å². The van der Waals surface area contributed by atoms with Crippen molar-refractivity contribution in [2.45, 2.75) is 83.0 Å². The molecule has 5 atom stereocenters. The van der Waals surface area contributed by atoms with Gasteiger partial charge in [-0.25, -0.2) is 0 Å². The number of benzene rings is 1. The van der Waals surface area contributed by atoms with Gasteiger partial charge in [-0.15, -0.1) is 0 Å². The quantitative estimate of drug-likeness (QED) is 0.189. The van der Waals surface area contributed by atoms with E-state index in [1.165, 1.54) is 7.11 Å². The van der Waals surface area contributed by atoms with Crippen LogP contribution >= 0.6 is 0 Å². The molecular formula is C29H42O5. The van der Waals surface area contributed by atoms with Crippen LogP contribution in [0.2, 0.25) is 0 Å². The highest BCUT2D eigenvalue weighted by Gasteiger charge is 2.40. The van der Waals surface area contributed by atoms with Gasteiger partial charge in [0.1, 0.15) is 0 Å². The summed E-state index contributed by atoms with van der Waals surface area (Å²) >= 11 is 0. The topological polar surface area (TPSA) is 87.0 Å². The Hall–Kier alpha value is -2.21. The molecule has 5 heteroatoms. The Morgan fingerprint density at radius 2 is 1.71 bits per heavy atom. The maximum absolute atomic E-state index is 11.2. The third-order valence-electron chi connectivity index (χ3n) is 6.96. The van der Waals surface area contributed by atoms with E-state index in [1.807, 2.05) is 55.5 Å². The molecule has 0 amide bonds. The molecule has 34 heavy (non-hydrogen) atoms. The predicted molar refractivity (Wildman–Crippen MR) is 137 cm³/mol. The summed E-state index contributed by atoms with van der Waals surface area (Å²) in [6, 6.07) is 7.80. The fourth-order valence-electron chi connectivity index (χ4n) is 4.90. The van der Waals surface area contributed by atoms with Crippen LogP contribution in [0.25, 0.3) is 5.57 Å². The number of unbranched alkanes of at least 4 members (excludes halogenated alkanes) is 3. The van der Waals surface area contributed by atoms with Crippen molar-refractivity contribution >= 4 is 11.5 Å². The van der Waals surface area contributed by atoms with E-state index >= 15 is 0 Å². The Kier molecular flexibility index (Phi) is 12.3. The molecular weight excluding hydrogens is 428 g/mol. The highest BCUT2D eigenvalue weighted by molar-refractivity contribution is 5.72. The first-order valence-corrected chi connectivity index (χ1v) is 12.6. The number of methoxy groups -OCH3 is 1. The van der Waals surface area contributed by atoms with Gasteiger partial charge in [0.15, 0.2) is 0 Å². The maximum Gasteiger partial charge on any atom is 0.305 e. The molecule has 3 N–H and O–H groups in total. The van der Waals surface area contributed by atoms with Gasteiger partial charge in [0, 0.05) is 6.42 Å². The Morgan fingerprint density at radius 1 is 1.06 bits per heavy atom. The zero-order valence-electron chi connectivity index (χ0n) is 20.7. The van der Waals surface area contributed by atoms with Crippen molar-refractivity contribution in [2.75, 3.05) is 7.11 Å². The van der Waals surface area contributed by atoms with Crippen LogP contribution in [0.15, 0.2) is 55.1 Å². The van der Waals surface area contributed by atoms with E-state index < -0.39 is 18.3 Å². The Bertz CT molecular complexity index is 810. The van der Waals surface area contributed by atoms with Gasteiger partial charge in [0.25, 0.3) is 0 Å². The second-order valence-electron chi connectivity index (χ2n) is 9.35. The van der Waals surface area contributed by atoms with E-state index in [2.05, 4.69) is 11.3 Å².